The van der Waals surface area contributed by atoms with Crippen LogP contribution in [0.1, 0.15) is 12.2 Å². The molecule has 7 nitrogen and oxygen atoms in total. The number of furan rings is 1. The second-order valence-electron chi connectivity index (χ2n) is 5.22. The van der Waals surface area contributed by atoms with E-state index in [4.69, 9.17) is 9.15 Å². The van der Waals surface area contributed by atoms with E-state index in [1.54, 1.807) is 19.4 Å². The number of carbonyl (C=O) groups excluding carboxylic acids is 1. The molecule has 2 aromatic rings. The van der Waals surface area contributed by atoms with E-state index in [-0.39, 0.29) is 36.4 Å². The SMILES string of the molecule is CN=C(NCCCOc1ccccc1)NCC(=O)NCc1ccco1.I. The van der Waals surface area contributed by atoms with Crippen molar-refractivity contribution in [3.8, 4) is 5.75 Å². The number of nitrogens with one attached hydrogen (secondary N) is 3. The number of amides is 1. The summed E-state index contributed by atoms with van der Waals surface area (Å²) in [6.45, 7) is 1.81. The predicted molar refractivity (Wildman–Crippen MR) is 112 cm³/mol. The van der Waals surface area contributed by atoms with Crippen molar-refractivity contribution < 1.29 is 13.9 Å². The van der Waals surface area contributed by atoms with Crippen LogP contribution in [0.5, 0.6) is 5.75 Å². The molecule has 142 valence electrons. The fraction of sp³-hybridized carbons (Fsp3) is 0.333. The fourth-order valence-corrected chi connectivity index (χ4v) is 2.03. The molecule has 0 bridgehead atoms. The van der Waals surface area contributed by atoms with Crippen LogP contribution in [0.4, 0.5) is 0 Å². The molecule has 0 saturated heterocycles. The maximum absolute atomic E-state index is 11.8. The second-order valence-corrected chi connectivity index (χ2v) is 5.22. The number of rotatable bonds is 9. The molecule has 0 radical (unpaired) electrons. The van der Waals surface area contributed by atoms with Gasteiger partial charge in [0.25, 0.3) is 0 Å². The second kappa shape index (κ2) is 13.0. The molecule has 1 aromatic heterocycles. The molecule has 0 aliphatic heterocycles. The van der Waals surface area contributed by atoms with Crippen molar-refractivity contribution in [2.45, 2.75) is 13.0 Å². The molecule has 0 saturated carbocycles. The van der Waals surface area contributed by atoms with Crippen molar-refractivity contribution in [2.75, 3.05) is 26.7 Å². The Morgan fingerprint density at radius 3 is 2.62 bits per heavy atom. The highest BCUT2D eigenvalue weighted by Crippen LogP contribution is 2.07. The van der Waals surface area contributed by atoms with Gasteiger partial charge in [-0.15, -0.1) is 24.0 Å². The van der Waals surface area contributed by atoms with E-state index in [0.29, 0.717) is 31.4 Å². The molecule has 0 unspecified atom stereocenters. The van der Waals surface area contributed by atoms with Crippen molar-refractivity contribution in [1.82, 2.24) is 16.0 Å². The third-order valence-electron chi connectivity index (χ3n) is 3.31. The number of carbonyl (C=O) groups is 1. The van der Waals surface area contributed by atoms with E-state index >= 15 is 0 Å². The van der Waals surface area contributed by atoms with Crippen molar-refractivity contribution in [3.05, 3.63) is 54.5 Å². The third kappa shape index (κ3) is 8.75. The molecule has 0 aliphatic rings. The third-order valence-corrected chi connectivity index (χ3v) is 3.31. The van der Waals surface area contributed by atoms with Gasteiger partial charge in [-0.2, -0.15) is 0 Å². The average Bonchev–Trinajstić information content (AvgIpc) is 3.16. The summed E-state index contributed by atoms with van der Waals surface area (Å²) >= 11 is 0. The van der Waals surface area contributed by atoms with E-state index in [1.165, 1.54) is 0 Å². The van der Waals surface area contributed by atoms with Gasteiger partial charge in [-0.3, -0.25) is 9.79 Å². The summed E-state index contributed by atoms with van der Waals surface area (Å²) in [5.41, 5.74) is 0. The number of nitrogens with zero attached hydrogens (tertiary/aromatic N) is 1. The molecule has 8 heteroatoms. The van der Waals surface area contributed by atoms with Crippen LogP contribution in [0.2, 0.25) is 0 Å². The Hall–Kier alpha value is -2.23. The van der Waals surface area contributed by atoms with Gasteiger partial charge in [0, 0.05) is 13.6 Å². The summed E-state index contributed by atoms with van der Waals surface area (Å²) in [5.74, 6) is 2.02. The van der Waals surface area contributed by atoms with Crippen LogP contribution in [0.15, 0.2) is 58.1 Å². The Balaban J connectivity index is 0.00000338. The van der Waals surface area contributed by atoms with Crippen LogP contribution in [-0.4, -0.2) is 38.6 Å². The number of ether oxygens (including phenoxy) is 1. The maximum atomic E-state index is 11.8. The highest BCUT2D eigenvalue weighted by atomic mass is 127. The minimum Gasteiger partial charge on any atom is -0.494 e. The highest BCUT2D eigenvalue weighted by molar-refractivity contribution is 14.0. The lowest BCUT2D eigenvalue weighted by Gasteiger charge is -2.12. The topological polar surface area (TPSA) is 87.9 Å². The number of para-hydroxylation sites is 1. The van der Waals surface area contributed by atoms with Gasteiger partial charge in [0.15, 0.2) is 5.96 Å². The Labute approximate surface area is 170 Å². The minimum absolute atomic E-state index is 0. The normalized spacial score (nSPS) is 10.6. The van der Waals surface area contributed by atoms with Crippen molar-refractivity contribution >= 4 is 35.8 Å². The summed E-state index contributed by atoms with van der Waals surface area (Å²) in [7, 11) is 1.66. The molecule has 26 heavy (non-hydrogen) atoms. The Morgan fingerprint density at radius 1 is 1.12 bits per heavy atom. The molecule has 0 spiro atoms. The summed E-state index contributed by atoms with van der Waals surface area (Å²) in [6.07, 6.45) is 2.40. The molecule has 0 aliphatic carbocycles. The number of aliphatic imine (C=N–C) groups is 1. The number of benzene rings is 1. The fourth-order valence-electron chi connectivity index (χ4n) is 2.03. The first kappa shape index (κ1) is 21.8. The molecule has 0 fully saturated rings. The first-order chi connectivity index (χ1) is 12.3. The zero-order valence-electron chi connectivity index (χ0n) is 14.7. The molecule has 1 aromatic carbocycles. The van der Waals surface area contributed by atoms with Crippen LogP contribution in [-0.2, 0) is 11.3 Å². The van der Waals surface area contributed by atoms with E-state index < -0.39 is 0 Å². The first-order valence-electron chi connectivity index (χ1n) is 8.19. The first-order valence-corrected chi connectivity index (χ1v) is 8.19. The van der Waals surface area contributed by atoms with Gasteiger partial charge in [-0.25, -0.2) is 0 Å². The van der Waals surface area contributed by atoms with Gasteiger partial charge in [-0.05, 0) is 30.7 Å². The Bertz CT molecular complexity index is 648. The van der Waals surface area contributed by atoms with Crippen LogP contribution >= 0.6 is 24.0 Å². The lowest BCUT2D eigenvalue weighted by Crippen LogP contribution is -2.43. The Morgan fingerprint density at radius 2 is 1.92 bits per heavy atom. The average molecular weight is 472 g/mol. The van der Waals surface area contributed by atoms with Gasteiger partial charge in [0.1, 0.15) is 11.5 Å². The lowest BCUT2D eigenvalue weighted by molar-refractivity contribution is -0.120. The summed E-state index contributed by atoms with van der Waals surface area (Å²) in [4.78, 5) is 15.9. The molecule has 0 atom stereocenters. The smallest absolute Gasteiger partial charge is 0.239 e. The molecule has 1 heterocycles. The lowest BCUT2D eigenvalue weighted by atomic mass is 10.3. The van der Waals surface area contributed by atoms with E-state index in [9.17, 15) is 4.79 Å². The summed E-state index contributed by atoms with van der Waals surface area (Å²) < 4.78 is 10.8. The molecule has 1 amide bonds. The van der Waals surface area contributed by atoms with Gasteiger partial charge in [0.05, 0.1) is 26.0 Å². The molecule has 3 N–H and O–H groups in total. The summed E-state index contributed by atoms with van der Waals surface area (Å²) in [5, 5.41) is 8.87. The summed E-state index contributed by atoms with van der Waals surface area (Å²) in [6, 6.07) is 13.3. The van der Waals surface area contributed by atoms with Crippen molar-refractivity contribution in [1.29, 1.82) is 0 Å². The van der Waals surface area contributed by atoms with Gasteiger partial charge >= 0.3 is 0 Å². The van der Waals surface area contributed by atoms with Gasteiger partial charge in [-0.1, -0.05) is 18.2 Å². The highest BCUT2D eigenvalue weighted by Gasteiger charge is 2.04. The zero-order valence-corrected chi connectivity index (χ0v) is 17.1. The van der Waals surface area contributed by atoms with E-state index in [2.05, 4.69) is 20.9 Å². The molecular weight excluding hydrogens is 447 g/mol. The minimum atomic E-state index is -0.133. The van der Waals surface area contributed by atoms with E-state index in [0.717, 1.165) is 12.2 Å². The molecular formula is C18H25IN4O3. The number of halogens is 1. The van der Waals surface area contributed by atoms with Crippen LogP contribution < -0.4 is 20.7 Å². The standard InChI is InChI=1S/C18H24N4O3.HI/c1-19-18(20-10-6-12-24-15-7-3-2-4-8-15)22-14-17(23)21-13-16-9-5-11-25-16;/h2-5,7-9,11H,6,10,12-14H2,1H3,(H,21,23)(H2,19,20,22);1H. The quantitative estimate of drug-likeness (QED) is 0.225. The largest absolute Gasteiger partial charge is 0.494 e. The van der Waals surface area contributed by atoms with Gasteiger partial charge < -0.3 is 25.1 Å². The molecule has 2 rings (SSSR count). The number of guanidine groups is 1. The van der Waals surface area contributed by atoms with Crippen LogP contribution in [0, 0.1) is 0 Å². The van der Waals surface area contributed by atoms with Crippen LogP contribution in [0.25, 0.3) is 0 Å². The monoisotopic (exact) mass is 472 g/mol. The van der Waals surface area contributed by atoms with E-state index in [1.807, 2.05) is 36.4 Å². The Kier molecular flexibility index (Phi) is 10.9. The van der Waals surface area contributed by atoms with Crippen LogP contribution in [0.3, 0.4) is 0 Å². The number of hydrogen-bond donors (Lipinski definition) is 3. The maximum Gasteiger partial charge on any atom is 0.239 e. The van der Waals surface area contributed by atoms with Crippen molar-refractivity contribution in [2.24, 2.45) is 4.99 Å². The number of hydrogen-bond acceptors (Lipinski definition) is 4. The zero-order chi connectivity index (χ0) is 17.7. The van der Waals surface area contributed by atoms with Crippen molar-refractivity contribution in [3.63, 3.8) is 0 Å². The predicted octanol–water partition coefficient (Wildman–Crippen LogP) is 2.15. The van der Waals surface area contributed by atoms with Gasteiger partial charge in [0.2, 0.25) is 5.91 Å².